The van der Waals surface area contributed by atoms with Crippen LogP contribution in [0.1, 0.15) is 30.0 Å². The molecule has 0 aliphatic carbocycles. The van der Waals surface area contributed by atoms with Crippen LogP contribution in [0.2, 0.25) is 0 Å². The smallest absolute Gasteiger partial charge is 0.189 e. The van der Waals surface area contributed by atoms with E-state index in [0.29, 0.717) is 5.92 Å². The fourth-order valence-corrected chi connectivity index (χ4v) is 2.41. The highest BCUT2D eigenvalue weighted by atomic mass is 16.5. The Bertz CT molecular complexity index is 500. The molecule has 3 rings (SSSR count). The molecule has 0 spiro atoms. The van der Waals surface area contributed by atoms with Crippen molar-refractivity contribution >= 4 is 11.1 Å². The molecule has 0 radical (unpaired) electrons. The summed E-state index contributed by atoms with van der Waals surface area (Å²) in [7, 11) is 0. The van der Waals surface area contributed by atoms with Gasteiger partial charge >= 0.3 is 0 Å². The predicted octanol–water partition coefficient (Wildman–Crippen LogP) is 2.00. The minimum atomic E-state index is 0.534. The van der Waals surface area contributed by atoms with Gasteiger partial charge < -0.3 is 9.84 Å². The number of aryl methyl sites for hydroxylation is 1. The van der Waals surface area contributed by atoms with Crippen molar-refractivity contribution in [1.82, 2.24) is 15.5 Å². The van der Waals surface area contributed by atoms with E-state index in [2.05, 4.69) is 21.5 Å². The van der Waals surface area contributed by atoms with E-state index in [1.54, 1.807) is 0 Å². The SMILES string of the molecule is Cc1noc2c(C3CCCNC3)ccnc12. The Morgan fingerprint density at radius 3 is 3.25 bits per heavy atom. The first-order valence-corrected chi connectivity index (χ1v) is 5.78. The number of piperidine rings is 1. The van der Waals surface area contributed by atoms with Gasteiger partial charge in [-0.2, -0.15) is 0 Å². The highest BCUT2D eigenvalue weighted by Crippen LogP contribution is 2.29. The maximum Gasteiger partial charge on any atom is 0.189 e. The normalized spacial score (nSPS) is 21.4. The molecule has 2 aromatic heterocycles. The number of hydrogen-bond donors (Lipinski definition) is 1. The predicted molar refractivity (Wildman–Crippen MR) is 61.4 cm³/mol. The summed E-state index contributed by atoms with van der Waals surface area (Å²) in [5.41, 5.74) is 3.90. The summed E-state index contributed by atoms with van der Waals surface area (Å²) >= 11 is 0. The van der Waals surface area contributed by atoms with Crippen molar-refractivity contribution < 1.29 is 4.52 Å². The minimum absolute atomic E-state index is 0.534. The van der Waals surface area contributed by atoms with Crippen LogP contribution in [0.4, 0.5) is 0 Å². The first-order valence-electron chi connectivity index (χ1n) is 5.78. The Hall–Kier alpha value is -1.42. The van der Waals surface area contributed by atoms with Crippen molar-refractivity contribution in [3.63, 3.8) is 0 Å². The van der Waals surface area contributed by atoms with E-state index in [0.717, 1.165) is 29.9 Å². The molecular weight excluding hydrogens is 202 g/mol. The van der Waals surface area contributed by atoms with E-state index in [9.17, 15) is 0 Å². The van der Waals surface area contributed by atoms with Gasteiger partial charge in [-0.25, -0.2) is 0 Å². The number of fused-ring (bicyclic) bond motifs is 1. The van der Waals surface area contributed by atoms with Gasteiger partial charge in [0, 0.05) is 24.2 Å². The zero-order chi connectivity index (χ0) is 11.0. The van der Waals surface area contributed by atoms with E-state index in [1.807, 2.05) is 13.1 Å². The van der Waals surface area contributed by atoms with Crippen LogP contribution in [0.15, 0.2) is 16.8 Å². The van der Waals surface area contributed by atoms with E-state index >= 15 is 0 Å². The number of nitrogens with zero attached hydrogens (tertiary/aromatic N) is 2. The van der Waals surface area contributed by atoms with Gasteiger partial charge in [0.05, 0.1) is 0 Å². The van der Waals surface area contributed by atoms with Crippen LogP contribution < -0.4 is 5.32 Å². The second-order valence-corrected chi connectivity index (χ2v) is 4.39. The Morgan fingerprint density at radius 2 is 2.44 bits per heavy atom. The van der Waals surface area contributed by atoms with Crippen LogP contribution in [-0.2, 0) is 0 Å². The number of nitrogens with one attached hydrogen (secondary N) is 1. The molecule has 16 heavy (non-hydrogen) atoms. The second-order valence-electron chi connectivity index (χ2n) is 4.39. The van der Waals surface area contributed by atoms with Gasteiger partial charge in [-0.3, -0.25) is 4.98 Å². The van der Waals surface area contributed by atoms with E-state index < -0.39 is 0 Å². The molecule has 1 unspecified atom stereocenters. The molecule has 0 bridgehead atoms. The molecule has 1 N–H and O–H groups in total. The van der Waals surface area contributed by atoms with Crippen molar-refractivity contribution in [3.8, 4) is 0 Å². The number of pyridine rings is 1. The van der Waals surface area contributed by atoms with E-state index in [4.69, 9.17) is 4.52 Å². The van der Waals surface area contributed by atoms with Gasteiger partial charge in [0.2, 0.25) is 0 Å². The van der Waals surface area contributed by atoms with Crippen molar-refractivity contribution in [2.75, 3.05) is 13.1 Å². The summed E-state index contributed by atoms with van der Waals surface area (Å²) in [5, 5.41) is 7.42. The summed E-state index contributed by atoms with van der Waals surface area (Å²) in [5.74, 6) is 0.534. The molecule has 84 valence electrons. The van der Waals surface area contributed by atoms with Gasteiger partial charge in [0.25, 0.3) is 0 Å². The Morgan fingerprint density at radius 1 is 1.50 bits per heavy atom. The largest absolute Gasteiger partial charge is 0.354 e. The quantitative estimate of drug-likeness (QED) is 0.793. The second kappa shape index (κ2) is 3.87. The van der Waals surface area contributed by atoms with Crippen LogP contribution in [0, 0.1) is 6.92 Å². The Kier molecular flexibility index (Phi) is 2.36. The molecule has 1 aliphatic heterocycles. The fourth-order valence-electron chi connectivity index (χ4n) is 2.41. The van der Waals surface area contributed by atoms with Gasteiger partial charge in [0.15, 0.2) is 5.58 Å². The average molecular weight is 217 g/mol. The minimum Gasteiger partial charge on any atom is -0.354 e. The lowest BCUT2D eigenvalue weighted by molar-refractivity contribution is 0.430. The molecule has 1 aliphatic rings. The number of rotatable bonds is 1. The lowest BCUT2D eigenvalue weighted by Crippen LogP contribution is -2.28. The molecule has 4 nitrogen and oxygen atoms in total. The highest BCUT2D eigenvalue weighted by molar-refractivity contribution is 5.78. The molecule has 3 heterocycles. The third kappa shape index (κ3) is 1.50. The van der Waals surface area contributed by atoms with Crippen LogP contribution in [0.3, 0.4) is 0 Å². The number of aromatic nitrogens is 2. The van der Waals surface area contributed by atoms with Crippen molar-refractivity contribution in [2.45, 2.75) is 25.7 Å². The Labute approximate surface area is 94.0 Å². The zero-order valence-corrected chi connectivity index (χ0v) is 9.36. The molecule has 0 aromatic carbocycles. The fraction of sp³-hybridized carbons (Fsp3) is 0.500. The summed E-state index contributed by atoms with van der Waals surface area (Å²) in [4.78, 5) is 4.32. The summed E-state index contributed by atoms with van der Waals surface area (Å²) in [6, 6.07) is 2.06. The summed E-state index contributed by atoms with van der Waals surface area (Å²) < 4.78 is 5.39. The average Bonchev–Trinajstić information content (AvgIpc) is 2.73. The van der Waals surface area contributed by atoms with Crippen LogP contribution in [0.5, 0.6) is 0 Å². The van der Waals surface area contributed by atoms with E-state index in [-0.39, 0.29) is 0 Å². The number of hydrogen-bond acceptors (Lipinski definition) is 4. The van der Waals surface area contributed by atoms with Crippen LogP contribution >= 0.6 is 0 Å². The first-order chi connectivity index (χ1) is 7.86. The summed E-state index contributed by atoms with van der Waals surface area (Å²) in [6.45, 7) is 4.08. The van der Waals surface area contributed by atoms with E-state index in [1.165, 1.54) is 18.4 Å². The zero-order valence-electron chi connectivity index (χ0n) is 9.36. The molecule has 0 amide bonds. The van der Waals surface area contributed by atoms with Crippen molar-refractivity contribution in [2.24, 2.45) is 0 Å². The van der Waals surface area contributed by atoms with Crippen molar-refractivity contribution in [3.05, 3.63) is 23.5 Å². The molecular formula is C12H15N3O. The van der Waals surface area contributed by atoms with Crippen LogP contribution in [0.25, 0.3) is 11.1 Å². The maximum absolute atomic E-state index is 5.39. The molecule has 1 fully saturated rings. The summed E-state index contributed by atoms with van der Waals surface area (Å²) in [6.07, 6.45) is 4.30. The third-order valence-corrected chi connectivity index (χ3v) is 3.29. The van der Waals surface area contributed by atoms with Crippen molar-refractivity contribution in [1.29, 1.82) is 0 Å². The molecule has 1 saturated heterocycles. The van der Waals surface area contributed by atoms with Gasteiger partial charge in [-0.15, -0.1) is 0 Å². The molecule has 4 heteroatoms. The Balaban J connectivity index is 2.08. The molecule has 1 atom stereocenters. The van der Waals surface area contributed by atoms with Gasteiger partial charge in [-0.1, -0.05) is 5.16 Å². The third-order valence-electron chi connectivity index (χ3n) is 3.29. The lowest BCUT2D eigenvalue weighted by Gasteiger charge is -2.22. The lowest BCUT2D eigenvalue weighted by atomic mass is 9.91. The van der Waals surface area contributed by atoms with Gasteiger partial charge in [-0.05, 0) is 32.4 Å². The first kappa shape index (κ1) is 9.78. The molecule has 0 saturated carbocycles. The monoisotopic (exact) mass is 217 g/mol. The van der Waals surface area contributed by atoms with Gasteiger partial charge in [0.1, 0.15) is 11.2 Å². The topological polar surface area (TPSA) is 51.0 Å². The standard InChI is InChI=1S/C12H15N3O/c1-8-11-12(16-15-8)10(4-6-14-11)9-3-2-5-13-7-9/h4,6,9,13H,2-3,5,7H2,1H3. The van der Waals surface area contributed by atoms with Crippen LogP contribution in [-0.4, -0.2) is 23.2 Å². The molecule has 2 aromatic rings. The maximum atomic E-state index is 5.39. The highest BCUT2D eigenvalue weighted by Gasteiger charge is 2.20.